The van der Waals surface area contributed by atoms with Crippen LogP contribution in [-0.2, 0) is 6.42 Å². The second-order valence-electron chi connectivity index (χ2n) is 5.35. The predicted octanol–water partition coefficient (Wildman–Crippen LogP) is 1.75. The summed E-state index contributed by atoms with van der Waals surface area (Å²) in [5.41, 5.74) is 2.68. The van der Waals surface area contributed by atoms with Crippen LogP contribution in [-0.4, -0.2) is 47.6 Å². The van der Waals surface area contributed by atoms with Crippen molar-refractivity contribution < 1.29 is 14.9 Å². The van der Waals surface area contributed by atoms with Crippen molar-refractivity contribution in [3.63, 3.8) is 0 Å². The SMILES string of the molecule is CCNC1c2ccc(OC)cc2CCC1SCC(O)CO. The minimum Gasteiger partial charge on any atom is -0.497 e. The number of aliphatic hydroxyl groups is 2. The smallest absolute Gasteiger partial charge is 0.119 e. The van der Waals surface area contributed by atoms with Gasteiger partial charge in [-0.2, -0.15) is 11.8 Å². The molecule has 1 aromatic rings. The van der Waals surface area contributed by atoms with Crippen LogP contribution in [0.2, 0.25) is 0 Å². The Balaban J connectivity index is 2.14. The summed E-state index contributed by atoms with van der Waals surface area (Å²) >= 11 is 1.75. The second-order valence-corrected chi connectivity index (χ2v) is 6.62. The third-order valence-electron chi connectivity index (χ3n) is 3.89. The monoisotopic (exact) mass is 311 g/mol. The molecule has 1 aliphatic rings. The molecule has 0 radical (unpaired) electrons. The molecular formula is C16H25NO3S. The fourth-order valence-electron chi connectivity index (χ4n) is 2.82. The Morgan fingerprint density at radius 2 is 2.29 bits per heavy atom. The highest BCUT2D eigenvalue weighted by Crippen LogP contribution is 2.38. The first-order chi connectivity index (χ1) is 10.2. The number of aliphatic hydroxyl groups excluding tert-OH is 2. The van der Waals surface area contributed by atoms with Crippen molar-refractivity contribution in [1.82, 2.24) is 5.32 Å². The number of hydrogen-bond donors (Lipinski definition) is 3. The number of ether oxygens (including phenoxy) is 1. The lowest BCUT2D eigenvalue weighted by Gasteiger charge is -2.34. The summed E-state index contributed by atoms with van der Waals surface area (Å²) in [6, 6.07) is 6.58. The van der Waals surface area contributed by atoms with Crippen molar-refractivity contribution in [2.24, 2.45) is 0 Å². The molecule has 0 fully saturated rings. The molecule has 4 nitrogen and oxygen atoms in total. The molecule has 1 aliphatic carbocycles. The number of thioether (sulfide) groups is 1. The maximum atomic E-state index is 9.56. The van der Waals surface area contributed by atoms with Gasteiger partial charge in [0.05, 0.1) is 19.8 Å². The predicted molar refractivity (Wildman–Crippen MR) is 87.1 cm³/mol. The molecule has 0 saturated carbocycles. The molecule has 118 valence electrons. The van der Waals surface area contributed by atoms with Crippen molar-refractivity contribution in [3.05, 3.63) is 29.3 Å². The molecule has 0 spiro atoms. The van der Waals surface area contributed by atoms with E-state index in [0.29, 0.717) is 17.0 Å². The van der Waals surface area contributed by atoms with Crippen molar-refractivity contribution in [2.75, 3.05) is 26.0 Å². The molecule has 21 heavy (non-hydrogen) atoms. The first-order valence-corrected chi connectivity index (χ1v) is 8.55. The summed E-state index contributed by atoms with van der Waals surface area (Å²) in [6.45, 7) is 2.86. The molecule has 3 atom stereocenters. The highest BCUT2D eigenvalue weighted by Gasteiger charge is 2.29. The summed E-state index contributed by atoms with van der Waals surface area (Å²) in [6.07, 6.45) is 1.47. The van der Waals surface area contributed by atoms with Crippen LogP contribution < -0.4 is 10.1 Å². The molecule has 1 aromatic carbocycles. The highest BCUT2D eigenvalue weighted by atomic mass is 32.2. The number of fused-ring (bicyclic) bond motifs is 1. The number of rotatable bonds is 7. The molecule has 0 saturated heterocycles. The van der Waals surface area contributed by atoms with E-state index < -0.39 is 6.10 Å². The van der Waals surface area contributed by atoms with Gasteiger partial charge in [0, 0.05) is 17.0 Å². The van der Waals surface area contributed by atoms with E-state index in [1.807, 2.05) is 6.07 Å². The van der Waals surface area contributed by atoms with Crippen LogP contribution in [0, 0.1) is 0 Å². The Morgan fingerprint density at radius 3 is 2.95 bits per heavy atom. The van der Waals surface area contributed by atoms with E-state index in [2.05, 4.69) is 24.4 Å². The molecule has 0 amide bonds. The molecular weight excluding hydrogens is 286 g/mol. The molecule has 0 aliphatic heterocycles. The highest BCUT2D eigenvalue weighted by molar-refractivity contribution is 8.00. The first-order valence-electron chi connectivity index (χ1n) is 7.50. The van der Waals surface area contributed by atoms with Crippen molar-refractivity contribution in [1.29, 1.82) is 0 Å². The van der Waals surface area contributed by atoms with Gasteiger partial charge in [0.25, 0.3) is 0 Å². The van der Waals surface area contributed by atoms with Crippen LogP contribution in [0.3, 0.4) is 0 Å². The van der Waals surface area contributed by atoms with Gasteiger partial charge in [0.1, 0.15) is 5.75 Å². The quantitative estimate of drug-likeness (QED) is 0.716. The molecule has 0 aromatic heterocycles. The number of benzene rings is 1. The molecule has 2 rings (SSSR count). The Bertz CT molecular complexity index is 455. The second kappa shape index (κ2) is 8.03. The third kappa shape index (κ3) is 4.13. The largest absolute Gasteiger partial charge is 0.497 e. The van der Waals surface area contributed by atoms with Crippen molar-refractivity contribution in [2.45, 2.75) is 37.2 Å². The minimum absolute atomic E-state index is 0.167. The Labute approximate surface area is 130 Å². The maximum absolute atomic E-state index is 9.56. The summed E-state index contributed by atoms with van der Waals surface area (Å²) in [5, 5.41) is 22.5. The summed E-state index contributed by atoms with van der Waals surface area (Å²) in [4.78, 5) is 0. The Morgan fingerprint density at radius 1 is 1.48 bits per heavy atom. The van der Waals surface area contributed by atoms with E-state index in [4.69, 9.17) is 9.84 Å². The van der Waals surface area contributed by atoms with Crippen molar-refractivity contribution >= 4 is 11.8 Å². The van der Waals surface area contributed by atoms with Crippen LogP contribution >= 0.6 is 11.8 Å². The molecule has 3 unspecified atom stereocenters. The van der Waals surface area contributed by atoms with Gasteiger partial charge in [-0.15, -0.1) is 0 Å². The zero-order valence-electron chi connectivity index (χ0n) is 12.7. The van der Waals surface area contributed by atoms with Gasteiger partial charge in [-0.1, -0.05) is 13.0 Å². The van der Waals surface area contributed by atoms with Gasteiger partial charge in [-0.25, -0.2) is 0 Å². The number of hydrogen-bond acceptors (Lipinski definition) is 5. The summed E-state index contributed by atoms with van der Waals surface area (Å²) in [5.74, 6) is 1.49. The lowest BCUT2D eigenvalue weighted by molar-refractivity contribution is 0.113. The van der Waals surface area contributed by atoms with Crippen LogP contribution in [0.15, 0.2) is 18.2 Å². The van der Waals surface area contributed by atoms with Crippen LogP contribution in [0.25, 0.3) is 0 Å². The van der Waals surface area contributed by atoms with Gasteiger partial charge in [-0.3, -0.25) is 0 Å². The van der Waals surface area contributed by atoms with Gasteiger partial charge in [0.2, 0.25) is 0 Å². The van der Waals surface area contributed by atoms with Gasteiger partial charge in [-0.05, 0) is 42.6 Å². The lowest BCUT2D eigenvalue weighted by atomic mass is 9.87. The average Bonchev–Trinajstić information content (AvgIpc) is 2.53. The van der Waals surface area contributed by atoms with E-state index in [0.717, 1.165) is 25.1 Å². The van der Waals surface area contributed by atoms with E-state index >= 15 is 0 Å². The summed E-state index contributed by atoms with van der Waals surface area (Å²) < 4.78 is 5.31. The Hall–Kier alpha value is -0.750. The normalized spacial score (nSPS) is 22.7. The molecule has 0 heterocycles. The lowest BCUT2D eigenvalue weighted by Crippen LogP contribution is -2.35. The third-order valence-corrected chi connectivity index (χ3v) is 5.41. The zero-order valence-corrected chi connectivity index (χ0v) is 13.5. The van der Waals surface area contributed by atoms with Crippen LogP contribution in [0.4, 0.5) is 0 Å². The standard InChI is InChI=1S/C16H25NO3S/c1-3-17-16-14-6-5-13(20-2)8-11(14)4-7-15(16)21-10-12(19)9-18/h5-6,8,12,15-19H,3-4,7,9-10H2,1-2H3. The molecule has 5 heteroatoms. The van der Waals surface area contributed by atoms with Crippen LogP contribution in [0.5, 0.6) is 5.75 Å². The average molecular weight is 311 g/mol. The fourth-order valence-corrected chi connectivity index (χ4v) is 4.12. The minimum atomic E-state index is -0.630. The topological polar surface area (TPSA) is 61.7 Å². The van der Waals surface area contributed by atoms with Crippen LogP contribution in [0.1, 0.15) is 30.5 Å². The Kier molecular flexibility index (Phi) is 6.36. The van der Waals surface area contributed by atoms with E-state index in [9.17, 15) is 5.11 Å². The number of nitrogens with one attached hydrogen (secondary N) is 1. The first kappa shape index (κ1) is 16.6. The number of methoxy groups -OCH3 is 1. The maximum Gasteiger partial charge on any atom is 0.119 e. The van der Waals surface area contributed by atoms with Gasteiger partial charge >= 0.3 is 0 Å². The van der Waals surface area contributed by atoms with Crippen molar-refractivity contribution in [3.8, 4) is 5.75 Å². The van der Waals surface area contributed by atoms with E-state index in [1.54, 1.807) is 18.9 Å². The molecule has 0 bridgehead atoms. The fraction of sp³-hybridized carbons (Fsp3) is 0.625. The molecule has 3 N–H and O–H groups in total. The zero-order chi connectivity index (χ0) is 15.2. The van der Waals surface area contributed by atoms with E-state index in [1.165, 1.54) is 11.1 Å². The summed E-state index contributed by atoms with van der Waals surface area (Å²) in [7, 11) is 1.70. The van der Waals surface area contributed by atoms with E-state index in [-0.39, 0.29) is 6.61 Å². The number of aryl methyl sites for hydroxylation is 1. The van der Waals surface area contributed by atoms with Gasteiger partial charge in [0.15, 0.2) is 0 Å². The van der Waals surface area contributed by atoms with Gasteiger partial charge < -0.3 is 20.3 Å².